The molecule has 0 amide bonds. The van der Waals surface area contributed by atoms with Gasteiger partial charge in [-0.1, -0.05) is 0 Å². The smallest absolute Gasteiger partial charge is 0.305 e. The van der Waals surface area contributed by atoms with Gasteiger partial charge in [0.15, 0.2) is 0 Å². The van der Waals surface area contributed by atoms with Gasteiger partial charge in [0.1, 0.15) is 0 Å². The average Bonchev–Trinajstić information content (AvgIpc) is 1.97. The van der Waals surface area contributed by atoms with Crippen molar-refractivity contribution in [2.75, 3.05) is 28.3 Å². The maximum atomic E-state index is 10.8. The van der Waals surface area contributed by atoms with Gasteiger partial charge in [-0.25, -0.2) is 0 Å². The van der Waals surface area contributed by atoms with E-state index in [1.54, 1.807) is 0 Å². The molecule has 0 rings (SSSR count). The van der Waals surface area contributed by atoms with E-state index < -0.39 is 0 Å². The number of quaternary nitrogens is 1. The van der Waals surface area contributed by atoms with Crippen molar-refractivity contribution in [1.29, 1.82) is 0 Å². The fraction of sp³-hybridized carbons (Fsp3) is 0.889. The number of carbonyl (C=O) groups is 1. The fourth-order valence-corrected chi connectivity index (χ4v) is 0.816. The van der Waals surface area contributed by atoms with Crippen LogP contribution in [-0.2, 0) is 9.53 Å². The zero-order chi connectivity index (χ0) is 9.78. The largest absolute Gasteiger partial charge is 0.469 e. The lowest BCUT2D eigenvalue weighted by atomic mass is 10.1. The molecule has 0 N–H and O–H groups in total. The van der Waals surface area contributed by atoms with Crippen molar-refractivity contribution < 1.29 is 14.0 Å². The molecule has 0 saturated heterocycles. The van der Waals surface area contributed by atoms with Crippen molar-refractivity contribution >= 4 is 5.97 Å². The first-order chi connectivity index (χ1) is 5.38. The normalized spacial score (nSPS) is 14.1. The van der Waals surface area contributed by atoms with Crippen LogP contribution in [0.2, 0.25) is 0 Å². The van der Waals surface area contributed by atoms with Crippen LogP contribution in [0.1, 0.15) is 19.8 Å². The third kappa shape index (κ3) is 4.34. The molecule has 0 spiro atoms. The molecule has 3 heteroatoms. The molecule has 0 unspecified atom stereocenters. The van der Waals surface area contributed by atoms with E-state index in [2.05, 4.69) is 32.8 Å². The van der Waals surface area contributed by atoms with Crippen LogP contribution in [0.3, 0.4) is 0 Å². The van der Waals surface area contributed by atoms with Crippen LogP contribution < -0.4 is 0 Å². The molecule has 1 atom stereocenters. The highest BCUT2D eigenvalue weighted by Crippen LogP contribution is 2.09. The van der Waals surface area contributed by atoms with E-state index in [0.717, 1.165) is 10.9 Å². The molecule has 72 valence electrons. The van der Waals surface area contributed by atoms with Gasteiger partial charge in [0.2, 0.25) is 0 Å². The van der Waals surface area contributed by atoms with Gasteiger partial charge in [-0.15, -0.1) is 0 Å². The predicted molar refractivity (Wildman–Crippen MR) is 48.7 cm³/mol. The van der Waals surface area contributed by atoms with Gasteiger partial charge in [0.25, 0.3) is 0 Å². The van der Waals surface area contributed by atoms with Gasteiger partial charge in [-0.05, 0) is 6.92 Å². The highest BCUT2D eigenvalue weighted by molar-refractivity contribution is 5.69. The molecule has 0 aromatic heterocycles. The fourth-order valence-electron chi connectivity index (χ4n) is 0.816. The molecule has 0 aromatic carbocycles. The number of carbonyl (C=O) groups excluding carboxylic acids is 1. The summed E-state index contributed by atoms with van der Waals surface area (Å²) in [5.74, 6) is -0.115. The monoisotopic (exact) mass is 174 g/mol. The number of hydrogen-bond acceptors (Lipinski definition) is 2. The summed E-state index contributed by atoms with van der Waals surface area (Å²) >= 11 is 0. The maximum Gasteiger partial charge on any atom is 0.305 e. The van der Waals surface area contributed by atoms with Crippen LogP contribution in [0, 0.1) is 0 Å². The second-order valence-electron chi connectivity index (χ2n) is 4.08. The highest BCUT2D eigenvalue weighted by atomic mass is 16.5. The van der Waals surface area contributed by atoms with Crippen LogP contribution in [0.5, 0.6) is 0 Å². The lowest BCUT2D eigenvalue weighted by molar-refractivity contribution is -0.894. The predicted octanol–water partition coefficient (Wildman–Crippen LogP) is 1.03. The van der Waals surface area contributed by atoms with E-state index in [0.29, 0.717) is 12.5 Å². The van der Waals surface area contributed by atoms with Gasteiger partial charge in [-0.3, -0.25) is 4.79 Å². The first-order valence-electron chi connectivity index (χ1n) is 4.26. The van der Waals surface area contributed by atoms with E-state index in [1.807, 2.05) is 0 Å². The first kappa shape index (κ1) is 11.4. The Labute approximate surface area is 74.9 Å². The molecular weight excluding hydrogens is 154 g/mol. The van der Waals surface area contributed by atoms with E-state index >= 15 is 0 Å². The Balaban J connectivity index is 3.72. The minimum atomic E-state index is -0.115. The Morgan fingerprint density at radius 1 is 1.42 bits per heavy atom. The SMILES string of the molecule is COC(=O)CC[C@@H](C)[N+](C)(C)C. The summed E-state index contributed by atoms with van der Waals surface area (Å²) in [6.45, 7) is 2.14. The number of esters is 1. The molecule has 0 aliphatic carbocycles. The molecular formula is C9H20NO2+. The van der Waals surface area contributed by atoms with E-state index in [-0.39, 0.29) is 5.97 Å². The first-order valence-corrected chi connectivity index (χ1v) is 4.26. The Hall–Kier alpha value is -0.570. The molecule has 0 bridgehead atoms. The molecule has 0 aromatic rings. The summed E-state index contributed by atoms with van der Waals surface area (Å²) in [6, 6.07) is 0.490. The Morgan fingerprint density at radius 2 is 1.92 bits per heavy atom. The third-order valence-electron chi connectivity index (χ3n) is 2.32. The van der Waals surface area contributed by atoms with E-state index in [9.17, 15) is 4.79 Å². The number of methoxy groups -OCH3 is 1. The number of nitrogens with zero attached hydrogens (tertiary/aromatic N) is 1. The molecule has 0 fully saturated rings. The van der Waals surface area contributed by atoms with Gasteiger partial charge >= 0.3 is 5.97 Å². The van der Waals surface area contributed by atoms with Crippen LogP contribution in [-0.4, -0.2) is 44.7 Å². The highest BCUT2D eigenvalue weighted by Gasteiger charge is 2.18. The van der Waals surface area contributed by atoms with E-state index in [1.165, 1.54) is 7.11 Å². The Bertz CT molecular complexity index is 149. The summed E-state index contributed by atoms with van der Waals surface area (Å²) < 4.78 is 5.45. The average molecular weight is 174 g/mol. The van der Waals surface area contributed by atoms with Crippen LogP contribution in [0.4, 0.5) is 0 Å². The van der Waals surface area contributed by atoms with Crippen LogP contribution >= 0.6 is 0 Å². The summed E-state index contributed by atoms with van der Waals surface area (Å²) in [6.07, 6.45) is 1.41. The molecule has 0 saturated carbocycles. The molecule has 0 radical (unpaired) electrons. The van der Waals surface area contributed by atoms with Gasteiger partial charge in [-0.2, -0.15) is 0 Å². The molecule has 0 aliphatic heterocycles. The Kier molecular flexibility index (Phi) is 4.24. The summed E-state index contributed by atoms with van der Waals surface area (Å²) in [5.41, 5.74) is 0. The number of ether oxygens (including phenoxy) is 1. The Morgan fingerprint density at radius 3 is 2.25 bits per heavy atom. The third-order valence-corrected chi connectivity index (χ3v) is 2.32. The topological polar surface area (TPSA) is 26.3 Å². The number of hydrogen-bond donors (Lipinski definition) is 0. The van der Waals surface area contributed by atoms with Crippen molar-refractivity contribution in [2.45, 2.75) is 25.8 Å². The van der Waals surface area contributed by atoms with Gasteiger partial charge in [0, 0.05) is 6.42 Å². The van der Waals surface area contributed by atoms with Crippen LogP contribution in [0.15, 0.2) is 0 Å². The van der Waals surface area contributed by atoms with Crippen molar-refractivity contribution in [3.05, 3.63) is 0 Å². The lowest BCUT2D eigenvalue weighted by Gasteiger charge is -2.31. The number of rotatable bonds is 4. The quantitative estimate of drug-likeness (QED) is 0.470. The van der Waals surface area contributed by atoms with Gasteiger partial charge < -0.3 is 9.22 Å². The van der Waals surface area contributed by atoms with Crippen molar-refractivity contribution in [3.63, 3.8) is 0 Å². The summed E-state index contributed by atoms with van der Waals surface area (Å²) in [4.78, 5) is 10.8. The van der Waals surface area contributed by atoms with Gasteiger partial charge in [0.05, 0.1) is 40.7 Å². The second-order valence-corrected chi connectivity index (χ2v) is 4.08. The molecule has 0 heterocycles. The second kappa shape index (κ2) is 4.45. The molecule has 3 nitrogen and oxygen atoms in total. The van der Waals surface area contributed by atoms with Crippen LogP contribution in [0.25, 0.3) is 0 Å². The summed E-state index contributed by atoms with van der Waals surface area (Å²) in [5, 5.41) is 0. The zero-order valence-electron chi connectivity index (χ0n) is 8.76. The zero-order valence-corrected chi connectivity index (χ0v) is 8.76. The van der Waals surface area contributed by atoms with Crippen molar-refractivity contribution in [3.8, 4) is 0 Å². The van der Waals surface area contributed by atoms with Crippen molar-refractivity contribution in [2.24, 2.45) is 0 Å². The lowest BCUT2D eigenvalue weighted by Crippen LogP contribution is -2.43. The molecule has 0 aliphatic rings. The molecule has 12 heavy (non-hydrogen) atoms. The van der Waals surface area contributed by atoms with Crippen molar-refractivity contribution in [1.82, 2.24) is 0 Å². The summed E-state index contributed by atoms with van der Waals surface area (Å²) in [7, 11) is 7.81. The maximum absolute atomic E-state index is 10.8. The standard InChI is InChI=1S/C9H20NO2/c1-8(10(2,3)4)6-7-9(11)12-5/h8H,6-7H2,1-5H3/q+1/t8-/m1/s1. The minimum Gasteiger partial charge on any atom is -0.469 e. The van der Waals surface area contributed by atoms with E-state index in [4.69, 9.17) is 0 Å². The minimum absolute atomic E-state index is 0.115.